The fourth-order valence-corrected chi connectivity index (χ4v) is 4.25. The lowest BCUT2D eigenvalue weighted by Gasteiger charge is -2.21. The predicted molar refractivity (Wildman–Crippen MR) is 94.6 cm³/mol. The van der Waals surface area contributed by atoms with Gasteiger partial charge < -0.3 is 9.47 Å². The van der Waals surface area contributed by atoms with E-state index in [1.165, 1.54) is 11.3 Å². The molecule has 0 radical (unpaired) electrons. The largest absolute Gasteiger partial charge is 0.371 e. The van der Waals surface area contributed by atoms with Crippen LogP contribution in [0, 0.1) is 19.8 Å². The molecule has 7 heteroatoms. The van der Waals surface area contributed by atoms with Gasteiger partial charge in [0.15, 0.2) is 5.03 Å². The summed E-state index contributed by atoms with van der Waals surface area (Å²) in [5.74, 6) is 0.992. The molecule has 1 saturated heterocycles. The third-order valence-electron chi connectivity index (χ3n) is 4.67. The van der Waals surface area contributed by atoms with E-state index in [-0.39, 0.29) is 5.03 Å². The molecule has 1 aliphatic rings. The molecule has 1 atom stereocenters. The first kappa shape index (κ1) is 17.0. The Kier molecular flexibility index (Phi) is 4.64. The highest BCUT2D eigenvalue weighted by Gasteiger charge is 2.26. The van der Waals surface area contributed by atoms with E-state index in [9.17, 15) is 8.42 Å². The molecule has 0 unspecified atom stereocenters. The summed E-state index contributed by atoms with van der Waals surface area (Å²) < 4.78 is 29.1. The molecule has 0 aliphatic carbocycles. The van der Waals surface area contributed by atoms with E-state index in [2.05, 4.69) is 33.7 Å². The van der Waals surface area contributed by atoms with Gasteiger partial charge >= 0.3 is 0 Å². The third-order valence-corrected chi connectivity index (χ3v) is 5.96. The summed E-state index contributed by atoms with van der Waals surface area (Å²) in [4.78, 5) is 6.44. The van der Waals surface area contributed by atoms with Crippen LogP contribution in [0.15, 0.2) is 35.5 Å². The summed E-state index contributed by atoms with van der Waals surface area (Å²) in [6.45, 7) is 6.17. The van der Waals surface area contributed by atoms with Gasteiger partial charge in [-0.1, -0.05) is 18.2 Å². The van der Waals surface area contributed by atoms with E-state index >= 15 is 0 Å². The maximum Gasteiger partial charge on any atom is 0.259 e. The van der Waals surface area contributed by atoms with E-state index in [0.717, 1.165) is 19.5 Å². The van der Waals surface area contributed by atoms with Crippen LogP contribution in [0.4, 0.5) is 5.69 Å². The minimum Gasteiger partial charge on any atom is -0.371 e. The van der Waals surface area contributed by atoms with Gasteiger partial charge in [-0.25, -0.2) is 18.1 Å². The van der Waals surface area contributed by atoms with Gasteiger partial charge in [0, 0.05) is 38.6 Å². The van der Waals surface area contributed by atoms with Crippen LogP contribution in [0.3, 0.4) is 0 Å². The number of aryl methyl sites for hydroxylation is 3. The number of hydrogen-bond acceptors (Lipinski definition) is 4. The highest BCUT2D eigenvalue weighted by molar-refractivity contribution is 7.89. The summed E-state index contributed by atoms with van der Waals surface area (Å²) in [6, 6.07) is 8.31. The van der Waals surface area contributed by atoms with E-state index < -0.39 is 10.0 Å². The Hall–Kier alpha value is -1.86. The summed E-state index contributed by atoms with van der Waals surface area (Å²) >= 11 is 0. The standard InChI is InChI=1S/C17H24N4O2S/c1-13-6-4-5-7-16(13)21-9-8-15(11-21)10-18-24(22,23)17-12-20(3)14(2)19-17/h4-7,12,15,18H,8-11H2,1-3H3/t15-/m0/s1. The zero-order valence-corrected chi connectivity index (χ0v) is 15.2. The maximum absolute atomic E-state index is 12.4. The van der Waals surface area contributed by atoms with Crippen LogP contribution in [-0.2, 0) is 17.1 Å². The van der Waals surface area contributed by atoms with Crippen LogP contribution >= 0.6 is 0 Å². The number of sulfonamides is 1. The Labute approximate surface area is 143 Å². The first-order valence-corrected chi connectivity index (χ1v) is 9.65. The SMILES string of the molecule is Cc1ccccc1N1CC[C@@H](CNS(=O)(=O)c2cn(C)c(C)n2)C1. The van der Waals surface area contributed by atoms with Crippen molar-refractivity contribution in [2.24, 2.45) is 13.0 Å². The molecule has 0 bridgehead atoms. The van der Waals surface area contributed by atoms with Crippen molar-refractivity contribution in [3.8, 4) is 0 Å². The Morgan fingerprint density at radius 2 is 2.04 bits per heavy atom. The maximum atomic E-state index is 12.4. The average Bonchev–Trinajstić information content (AvgIpc) is 3.14. The van der Waals surface area contributed by atoms with Crippen molar-refractivity contribution < 1.29 is 8.42 Å². The molecule has 1 aromatic carbocycles. The minimum atomic E-state index is -3.54. The third kappa shape index (κ3) is 3.47. The number of imidazole rings is 1. The molecule has 2 heterocycles. The summed E-state index contributed by atoms with van der Waals surface area (Å²) in [6.07, 6.45) is 2.53. The molecule has 1 fully saturated rings. The molecular formula is C17H24N4O2S. The van der Waals surface area contributed by atoms with Crippen LogP contribution in [0.1, 0.15) is 17.8 Å². The number of aromatic nitrogens is 2. The minimum absolute atomic E-state index is 0.0938. The fraction of sp³-hybridized carbons (Fsp3) is 0.471. The lowest BCUT2D eigenvalue weighted by Crippen LogP contribution is -2.31. The quantitative estimate of drug-likeness (QED) is 0.895. The fourth-order valence-electron chi connectivity index (χ4n) is 3.09. The van der Waals surface area contributed by atoms with Gasteiger partial charge in [0.2, 0.25) is 0 Å². The number of rotatable bonds is 5. The van der Waals surface area contributed by atoms with Gasteiger partial charge in [0.1, 0.15) is 5.82 Å². The smallest absolute Gasteiger partial charge is 0.259 e. The first-order valence-electron chi connectivity index (χ1n) is 8.17. The lowest BCUT2D eigenvalue weighted by molar-refractivity contribution is 0.539. The van der Waals surface area contributed by atoms with Crippen LogP contribution < -0.4 is 9.62 Å². The van der Waals surface area contributed by atoms with Crippen LogP contribution in [0.25, 0.3) is 0 Å². The molecule has 1 N–H and O–H groups in total. The van der Waals surface area contributed by atoms with Gasteiger partial charge in [-0.2, -0.15) is 0 Å². The van der Waals surface area contributed by atoms with Crippen molar-refractivity contribution in [2.75, 3.05) is 24.5 Å². The predicted octanol–water partition coefficient (Wildman–Crippen LogP) is 1.84. The second-order valence-electron chi connectivity index (χ2n) is 6.48. The van der Waals surface area contributed by atoms with Crippen molar-refractivity contribution in [3.63, 3.8) is 0 Å². The number of anilines is 1. The average molecular weight is 348 g/mol. The van der Waals surface area contributed by atoms with Gasteiger partial charge in [-0.05, 0) is 37.8 Å². The molecule has 1 aliphatic heterocycles. The van der Waals surface area contributed by atoms with E-state index in [0.29, 0.717) is 18.3 Å². The summed E-state index contributed by atoms with van der Waals surface area (Å²) in [5, 5.41) is 0.0938. The van der Waals surface area contributed by atoms with Crippen LogP contribution in [0.5, 0.6) is 0 Å². The van der Waals surface area contributed by atoms with Crippen molar-refractivity contribution in [1.82, 2.24) is 14.3 Å². The van der Waals surface area contributed by atoms with Gasteiger partial charge in [-0.15, -0.1) is 0 Å². The molecule has 24 heavy (non-hydrogen) atoms. The molecule has 3 rings (SSSR count). The van der Waals surface area contributed by atoms with E-state index in [1.807, 2.05) is 12.1 Å². The van der Waals surface area contributed by atoms with Gasteiger partial charge in [0.25, 0.3) is 10.0 Å². The Morgan fingerprint density at radius 3 is 2.71 bits per heavy atom. The molecule has 130 valence electrons. The number of para-hydroxylation sites is 1. The zero-order chi connectivity index (χ0) is 17.3. The number of benzene rings is 1. The Balaban J connectivity index is 1.61. The first-order chi connectivity index (χ1) is 11.4. The van der Waals surface area contributed by atoms with E-state index in [1.54, 1.807) is 24.7 Å². The van der Waals surface area contributed by atoms with Crippen molar-refractivity contribution in [2.45, 2.75) is 25.3 Å². The highest BCUT2D eigenvalue weighted by Crippen LogP contribution is 2.26. The summed E-state index contributed by atoms with van der Waals surface area (Å²) in [5.41, 5.74) is 2.49. The number of hydrogen-bond donors (Lipinski definition) is 1. The molecular weight excluding hydrogens is 324 g/mol. The number of nitrogens with zero attached hydrogens (tertiary/aromatic N) is 3. The van der Waals surface area contributed by atoms with Crippen LogP contribution in [0.2, 0.25) is 0 Å². The van der Waals surface area contributed by atoms with Crippen molar-refractivity contribution in [3.05, 3.63) is 41.9 Å². The molecule has 2 aromatic rings. The summed E-state index contributed by atoms with van der Waals surface area (Å²) in [7, 11) is -1.75. The molecule has 0 saturated carbocycles. The van der Waals surface area contributed by atoms with Gasteiger partial charge in [0.05, 0.1) is 0 Å². The lowest BCUT2D eigenvalue weighted by atomic mass is 10.1. The highest BCUT2D eigenvalue weighted by atomic mass is 32.2. The van der Waals surface area contributed by atoms with E-state index in [4.69, 9.17) is 0 Å². The van der Waals surface area contributed by atoms with Gasteiger partial charge in [-0.3, -0.25) is 0 Å². The monoisotopic (exact) mass is 348 g/mol. The number of nitrogens with one attached hydrogen (secondary N) is 1. The van der Waals surface area contributed by atoms with Crippen LogP contribution in [-0.4, -0.2) is 37.6 Å². The molecule has 0 amide bonds. The zero-order valence-electron chi connectivity index (χ0n) is 14.4. The Morgan fingerprint density at radius 1 is 1.29 bits per heavy atom. The van der Waals surface area contributed by atoms with Crippen molar-refractivity contribution in [1.29, 1.82) is 0 Å². The topological polar surface area (TPSA) is 67.2 Å². The normalized spacial score (nSPS) is 18.3. The van der Waals surface area contributed by atoms with Crippen molar-refractivity contribution >= 4 is 15.7 Å². The Bertz CT molecular complexity index is 809. The second kappa shape index (κ2) is 6.57. The molecule has 0 spiro atoms. The second-order valence-corrected chi connectivity index (χ2v) is 8.19. The molecule has 6 nitrogen and oxygen atoms in total. The molecule has 1 aromatic heterocycles.